The summed E-state index contributed by atoms with van der Waals surface area (Å²) in [4.78, 5) is 18.8. The minimum atomic E-state index is -0.568. The van der Waals surface area contributed by atoms with Gasteiger partial charge in [0.25, 0.3) is 0 Å². The monoisotopic (exact) mass is 371 g/mol. The normalized spacial score (nSPS) is 16.6. The zero-order valence-electron chi connectivity index (χ0n) is 14.3. The Balaban J connectivity index is 1.58. The van der Waals surface area contributed by atoms with Crippen LogP contribution in [0.2, 0.25) is 0 Å². The molecule has 1 atom stereocenters. The highest BCUT2D eigenvalue weighted by Crippen LogP contribution is 2.29. The van der Waals surface area contributed by atoms with Crippen LogP contribution in [-0.2, 0) is 11.8 Å². The van der Waals surface area contributed by atoms with Crippen LogP contribution in [0.25, 0.3) is 22.6 Å². The first-order valence-electron chi connectivity index (χ1n) is 8.18. The number of aryl methyl sites for hydroxylation is 1. The van der Waals surface area contributed by atoms with Crippen molar-refractivity contribution in [3.8, 4) is 22.6 Å². The molecule has 0 bridgehead atoms. The Morgan fingerprint density at radius 3 is 2.78 bits per heavy atom. The highest BCUT2D eigenvalue weighted by molar-refractivity contribution is 5.90. The largest absolute Gasteiger partial charge is 0.443 e. The van der Waals surface area contributed by atoms with E-state index in [0.29, 0.717) is 28.3 Å². The zero-order chi connectivity index (χ0) is 19.0. The first-order chi connectivity index (χ1) is 13.0. The van der Waals surface area contributed by atoms with Gasteiger partial charge in [-0.1, -0.05) is 6.07 Å². The van der Waals surface area contributed by atoms with Crippen molar-refractivity contribution in [2.75, 3.05) is 18.1 Å². The maximum Gasteiger partial charge on any atom is 0.415 e. The van der Waals surface area contributed by atoms with Crippen LogP contribution in [-0.4, -0.2) is 55.6 Å². The summed E-state index contributed by atoms with van der Waals surface area (Å²) in [5.74, 6) is -0.0989. The third kappa shape index (κ3) is 3.22. The smallest absolute Gasteiger partial charge is 0.415 e. The molecule has 1 amide bonds. The van der Waals surface area contributed by atoms with E-state index in [4.69, 9.17) is 9.84 Å². The van der Waals surface area contributed by atoms with Crippen molar-refractivity contribution < 1.29 is 19.0 Å². The van der Waals surface area contributed by atoms with Crippen LogP contribution in [0.4, 0.5) is 14.9 Å². The number of amides is 1. The first kappa shape index (κ1) is 17.0. The molecule has 3 aromatic rings. The third-order valence-corrected chi connectivity index (χ3v) is 4.18. The number of carbonyl (C=O) groups excluding carboxylic acids is 1. The van der Waals surface area contributed by atoms with Crippen LogP contribution in [0.5, 0.6) is 0 Å². The van der Waals surface area contributed by atoms with Gasteiger partial charge in [-0.2, -0.15) is 4.80 Å². The fourth-order valence-corrected chi connectivity index (χ4v) is 2.82. The number of anilines is 1. The summed E-state index contributed by atoms with van der Waals surface area (Å²) >= 11 is 0. The van der Waals surface area contributed by atoms with Crippen LogP contribution >= 0.6 is 0 Å². The Hall–Kier alpha value is -3.40. The molecule has 1 saturated heterocycles. The molecule has 138 valence electrons. The van der Waals surface area contributed by atoms with E-state index in [-0.39, 0.29) is 13.2 Å². The number of rotatable bonds is 4. The summed E-state index contributed by atoms with van der Waals surface area (Å²) in [6, 6.07) is 7.92. The Morgan fingerprint density at radius 1 is 1.33 bits per heavy atom. The molecule has 0 aliphatic carbocycles. The summed E-state index contributed by atoms with van der Waals surface area (Å²) in [6.07, 6.45) is 0.470. The summed E-state index contributed by atoms with van der Waals surface area (Å²) in [5.41, 5.74) is 1.87. The predicted molar refractivity (Wildman–Crippen MR) is 93.5 cm³/mol. The summed E-state index contributed by atoms with van der Waals surface area (Å²) in [5, 5.41) is 19.0. The van der Waals surface area contributed by atoms with Gasteiger partial charge in [-0.25, -0.2) is 9.18 Å². The SMILES string of the molecule is Cn1nnc(-c2ccc(-c3ccc(N4CC(C[OH2+])OC4=O)cc3F)cn2)n1. The van der Waals surface area contributed by atoms with Crippen LogP contribution in [0.3, 0.4) is 0 Å². The number of hydrogen-bond acceptors (Lipinski definition) is 6. The predicted octanol–water partition coefficient (Wildman–Crippen LogP) is 1.13. The Morgan fingerprint density at radius 2 is 2.19 bits per heavy atom. The number of halogens is 1. The topological polar surface area (TPSA) is 109 Å². The van der Waals surface area contributed by atoms with E-state index < -0.39 is 18.0 Å². The van der Waals surface area contributed by atoms with E-state index in [1.54, 1.807) is 31.3 Å². The molecule has 27 heavy (non-hydrogen) atoms. The van der Waals surface area contributed by atoms with Crippen molar-refractivity contribution in [2.45, 2.75) is 6.10 Å². The van der Waals surface area contributed by atoms with Gasteiger partial charge in [-0.05, 0) is 29.5 Å². The Kier molecular flexibility index (Phi) is 4.24. The zero-order valence-corrected chi connectivity index (χ0v) is 14.3. The van der Waals surface area contributed by atoms with E-state index in [9.17, 15) is 9.18 Å². The molecule has 0 saturated carbocycles. The second kappa shape index (κ2) is 6.72. The lowest BCUT2D eigenvalue weighted by Gasteiger charge is -2.14. The summed E-state index contributed by atoms with van der Waals surface area (Å²) in [7, 11) is 1.66. The molecule has 9 nitrogen and oxygen atoms in total. The lowest BCUT2D eigenvalue weighted by Crippen LogP contribution is -2.25. The van der Waals surface area contributed by atoms with Crippen LogP contribution in [0, 0.1) is 5.82 Å². The molecule has 1 fully saturated rings. The number of aromatic nitrogens is 5. The van der Waals surface area contributed by atoms with Crippen molar-refractivity contribution >= 4 is 11.8 Å². The quantitative estimate of drug-likeness (QED) is 0.636. The van der Waals surface area contributed by atoms with Crippen LogP contribution < -0.4 is 4.90 Å². The van der Waals surface area contributed by atoms with Gasteiger partial charge in [0, 0.05) is 17.3 Å². The van der Waals surface area contributed by atoms with Gasteiger partial charge in [0.15, 0.2) is 12.7 Å². The van der Waals surface area contributed by atoms with Crippen molar-refractivity contribution in [1.82, 2.24) is 25.2 Å². The molecule has 3 heterocycles. The number of hydrogen-bond donors (Lipinski definition) is 0. The molecule has 0 spiro atoms. The number of benzene rings is 1. The van der Waals surface area contributed by atoms with Gasteiger partial charge in [0.05, 0.1) is 19.3 Å². The second-order valence-corrected chi connectivity index (χ2v) is 6.02. The molecule has 1 aromatic carbocycles. The maximum absolute atomic E-state index is 14.6. The van der Waals surface area contributed by atoms with Gasteiger partial charge in [-0.3, -0.25) is 9.88 Å². The Bertz CT molecular complexity index is 991. The molecule has 1 aliphatic rings. The van der Waals surface area contributed by atoms with E-state index in [1.165, 1.54) is 22.0 Å². The fourth-order valence-electron chi connectivity index (χ4n) is 2.82. The fraction of sp³-hybridized carbons (Fsp3) is 0.235. The average Bonchev–Trinajstić information content (AvgIpc) is 3.27. The van der Waals surface area contributed by atoms with Gasteiger partial charge in [0.2, 0.25) is 5.82 Å². The molecule has 10 heteroatoms. The van der Waals surface area contributed by atoms with Gasteiger partial charge < -0.3 is 9.84 Å². The van der Waals surface area contributed by atoms with E-state index in [2.05, 4.69) is 20.4 Å². The number of tetrazole rings is 1. The van der Waals surface area contributed by atoms with Gasteiger partial charge in [0.1, 0.15) is 11.5 Å². The number of pyridine rings is 1. The molecule has 2 N–H and O–H groups in total. The summed E-state index contributed by atoms with van der Waals surface area (Å²) < 4.78 is 19.7. The maximum atomic E-state index is 14.6. The molecule has 0 radical (unpaired) electrons. The van der Waals surface area contributed by atoms with Crippen LogP contribution in [0.1, 0.15) is 0 Å². The first-order valence-corrected chi connectivity index (χ1v) is 8.18. The minimum Gasteiger partial charge on any atom is -0.443 e. The number of ether oxygens (including phenoxy) is 1. The van der Waals surface area contributed by atoms with E-state index in [1.807, 2.05) is 0 Å². The number of cyclic esters (lactones) is 1. The highest BCUT2D eigenvalue weighted by atomic mass is 19.1. The van der Waals surface area contributed by atoms with Gasteiger partial charge in [-0.15, -0.1) is 10.2 Å². The molecule has 4 rings (SSSR count). The third-order valence-electron chi connectivity index (χ3n) is 4.18. The van der Waals surface area contributed by atoms with Crippen molar-refractivity contribution in [2.24, 2.45) is 7.05 Å². The lowest BCUT2D eigenvalue weighted by molar-refractivity contribution is 0.0963. The van der Waals surface area contributed by atoms with Crippen molar-refractivity contribution in [3.05, 3.63) is 42.3 Å². The summed E-state index contributed by atoms with van der Waals surface area (Å²) in [6.45, 7) is 0.212. The van der Waals surface area contributed by atoms with Crippen molar-refractivity contribution in [3.63, 3.8) is 0 Å². The molecule has 1 unspecified atom stereocenters. The average molecular weight is 371 g/mol. The highest BCUT2D eigenvalue weighted by Gasteiger charge is 2.33. The molecule has 2 aromatic heterocycles. The minimum absolute atomic E-state index is 0.0263. The molecular formula is C17H16FN6O3+. The van der Waals surface area contributed by atoms with Gasteiger partial charge >= 0.3 is 6.09 Å². The second-order valence-electron chi connectivity index (χ2n) is 6.02. The number of carbonyl (C=O) groups is 1. The Labute approximate surface area is 153 Å². The standard InChI is InChI=1S/C17H15FN6O3/c1-23-21-16(20-22-23)15-5-2-10(7-19-15)13-4-3-11(6-14(13)18)24-8-12(9-25)27-17(24)26/h2-7,12,25H,8-9H2,1H3/p+1. The van der Waals surface area contributed by atoms with Crippen LogP contribution in [0.15, 0.2) is 36.5 Å². The van der Waals surface area contributed by atoms with Crippen molar-refractivity contribution in [1.29, 1.82) is 0 Å². The number of nitrogens with zero attached hydrogens (tertiary/aromatic N) is 6. The molecular weight excluding hydrogens is 355 g/mol. The lowest BCUT2D eigenvalue weighted by atomic mass is 10.1. The van der Waals surface area contributed by atoms with E-state index in [0.717, 1.165) is 0 Å². The molecule has 1 aliphatic heterocycles. The van der Waals surface area contributed by atoms with E-state index >= 15 is 0 Å².